The summed E-state index contributed by atoms with van der Waals surface area (Å²) < 4.78 is 18.9. The maximum Gasteiger partial charge on any atom is 0.326 e. The zero-order valence-electron chi connectivity index (χ0n) is 11.8. The van der Waals surface area contributed by atoms with E-state index in [0.717, 1.165) is 4.90 Å². The Labute approximate surface area is 121 Å². The number of hydrogen-bond donors (Lipinski definition) is 1. The number of carbonyl (C=O) groups excluding carboxylic acids is 1. The third-order valence-electron chi connectivity index (χ3n) is 3.63. The largest absolute Gasteiger partial charge is 0.480 e. The van der Waals surface area contributed by atoms with Gasteiger partial charge in [-0.05, 0) is 12.1 Å². The minimum atomic E-state index is -1.09. The molecule has 21 heavy (non-hydrogen) atoms. The summed E-state index contributed by atoms with van der Waals surface area (Å²) in [6.07, 6.45) is -0.105. The molecule has 1 heterocycles. The SMILES string of the molecule is COC1CC(C(=O)O)N(C(=O)N(C)c2ccccc2F)C1. The molecule has 1 aliphatic heterocycles. The monoisotopic (exact) mass is 296 g/mol. The molecule has 1 aromatic carbocycles. The molecule has 1 N–H and O–H groups in total. The molecule has 1 aromatic rings. The fourth-order valence-electron chi connectivity index (χ4n) is 2.43. The lowest BCUT2D eigenvalue weighted by atomic mass is 10.2. The summed E-state index contributed by atoms with van der Waals surface area (Å²) in [7, 11) is 2.89. The standard InChI is InChI=1S/C14H17FN2O4/c1-16(11-6-4-3-5-10(11)15)14(20)17-8-9(21-2)7-12(17)13(18)19/h3-6,9,12H,7-8H2,1-2H3,(H,18,19). The molecule has 1 fully saturated rings. The number of urea groups is 1. The lowest BCUT2D eigenvalue weighted by Gasteiger charge is -2.27. The number of carbonyl (C=O) groups is 2. The first-order chi connectivity index (χ1) is 9.95. The molecule has 0 spiro atoms. The molecule has 1 saturated heterocycles. The van der Waals surface area contributed by atoms with E-state index in [1.807, 2.05) is 0 Å². The summed E-state index contributed by atoms with van der Waals surface area (Å²) >= 11 is 0. The number of nitrogens with zero attached hydrogens (tertiary/aromatic N) is 2. The van der Waals surface area contributed by atoms with Crippen molar-refractivity contribution in [2.24, 2.45) is 0 Å². The molecule has 2 unspecified atom stereocenters. The lowest BCUT2D eigenvalue weighted by molar-refractivity contribution is -0.141. The topological polar surface area (TPSA) is 70.1 Å². The molecule has 1 aliphatic rings. The van der Waals surface area contributed by atoms with Gasteiger partial charge in [-0.25, -0.2) is 14.0 Å². The normalized spacial score (nSPS) is 21.4. The third-order valence-corrected chi connectivity index (χ3v) is 3.63. The molecule has 114 valence electrons. The summed E-state index contributed by atoms with van der Waals surface area (Å²) in [5, 5.41) is 9.21. The first-order valence-electron chi connectivity index (χ1n) is 6.50. The van der Waals surface area contributed by atoms with Gasteiger partial charge < -0.3 is 14.7 Å². The quantitative estimate of drug-likeness (QED) is 0.919. The molecule has 6 nitrogen and oxygen atoms in total. The van der Waals surface area contributed by atoms with Gasteiger partial charge in [0.25, 0.3) is 0 Å². The van der Waals surface area contributed by atoms with E-state index in [2.05, 4.69) is 0 Å². The van der Waals surface area contributed by atoms with Crippen LogP contribution in [0.2, 0.25) is 0 Å². The maximum absolute atomic E-state index is 13.7. The van der Waals surface area contributed by atoms with Crippen molar-refractivity contribution in [1.82, 2.24) is 4.90 Å². The highest BCUT2D eigenvalue weighted by Gasteiger charge is 2.41. The Morgan fingerprint density at radius 2 is 2.10 bits per heavy atom. The predicted octanol–water partition coefficient (Wildman–Crippen LogP) is 1.56. The van der Waals surface area contributed by atoms with Crippen LogP contribution >= 0.6 is 0 Å². The van der Waals surface area contributed by atoms with Crippen molar-refractivity contribution in [3.8, 4) is 0 Å². The number of benzene rings is 1. The number of rotatable bonds is 3. The van der Waals surface area contributed by atoms with Gasteiger partial charge in [0.2, 0.25) is 0 Å². The van der Waals surface area contributed by atoms with Crippen molar-refractivity contribution >= 4 is 17.7 Å². The molecular formula is C14H17FN2O4. The number of methoxy groups -OCH3 is 1. The van der Waals surface area contributed by atoms with E-state index in [0.29, 0.717) is 0 Å². The molecule has 0 saturated carbocycles. The predicted molar refractivity (Wildman–Crippen MR) is 73.7 cm³/mol. The average Bonchev–Trinajstić information content (AvgIpc) is 2.90. The third kappa shape index (κ3) is 2.97. The van der Waals surface area contributed by atoms with E-state index in [4.69, 9.17) is 4.74 Å². The van der Waals surface area contributed by atoms with Crippen LogP contribution in [0.25, 0.3) is 0 Å². The van der Waals surface area contributed by atoms with Crippen LogP contribution < -0.4 is 4.90 Å². The lowest BCUT2D eigenvalue weighted by Crippen LogP contribution is -2.47. The highest BCUT2D eigenvalue weighted by atomic mass is 19.1. The minimum Gasteiger partial charge on any atom is -0.480 e. The van der Waals surface area contributed by atoms with E-state index in [1.54, 1.807) is 6.07 Å². The average molecular weight is 296 g/mol. The summed E-state index contributed by atoms with van der Waals surface area (Å²) in [5.41, 5.74) is 0.104. The first-order valence-corrected chi connectivity index (χ1v) is 6.50. The van der Waals surface area contributed by atoms with E-state index >= 15 is 0 Å². The molecule has 2 atom stereocenters. The van der Waals surface area contributed by atoms with Gasteiger partial charge in [0.05, 0.1) is 11.8 Å². The van der Waals surface area contributed by atoms with Crippen LogP contribution in [0, 0.1) is 5.82 Å². The number of amides is 2. The zero-order chi connectivity index (χ0) is 15.6. The number of ether oxygens (including phenoxy) is 1. The number of carboxylic acid groups (broad SMARTS) is 1. The van der Waals surface area contributed by atoms with Crippen LogP contribution in [0.5, 0.6) is 0 Å². The van der Waals surface area contributed by atoms with Crippen LogP contribution in [-0.2, 0) is 9.53 Å². The van der Waals surface area contributed by atoms with Crippen molar-refractivity contribution in [1.29, 1.82) is 0 Å². The maximum atomic E-state index is 13.7. The van der Waals surface area contributed by atoms with Gasteiger partial charge in [-0.1, -0.05) is 12.1 Å². The van der Waals surface area contributed by atoms with Crippen LogP contribution in [0.15, 0.2) is 24.3 Å². The molecular weight excluding hydrogens is 279 g/mol. The van der Waals surface area contributed by atoms with Gasteiger partial charge in [-0.15, -0.1) is 0 Å². The number of para-hydroxylation sites is 1. The Balaban J connectivity index is 2.22. The molecule has 0 aromatic heterocycles. The fourth-order valence-corrected chi connectivity index (χ4v) is 2.43. The van der Waals surface area contributed by atoms with Gasteiger partial charge in [0.1, 0.15) is 11.9 Å². The number of anilines is 1. The van der Waals surface area contributed by atoms with Gasteiger partial charge in [-0.3, -0.25) is 4.90 Å². The zero-order valence-corrected chi connectivity index (χ0v) is 11.8. The molecule has 0 radical (unpaired) electrons. The van der Waals surface area contributed by atoms with Crippen molar-refractivity contribution in [3.63, 3.8) is 0 Å². The van der Waals surface area contributed by atoms with Gasteiger partial charge in [0, 0.05) is 27.1 Å². The van der Waals surface area contributed by atoms with E-state index in [-0.39, 0.29) is 24.8 Å². The minimum absolute atomic E-state index is 0.104. The number of halogens is 1. The molecule has 0 bridgehead atoms. The van der Waals surface area contributed by atoms with E-state index < -0.39 is 23.9 Å². The number of likely N-dealkylation sites (tertiary alicyclic amines) is 1. The Hall–Kier alpha value is -2.15. The second-order valence-electron chi connectivity index (χ2n) is 4.89. The van der Waals surface area contributed by atoms with Crippen LogP contribution in [-0.4, -0.2) is 54.9 Å². The molecule has 2 amide bonds. The molecule has 2 rings (SSSR count). The van der Waals surface area contributed by atoms with Crippen LogP contribution in [0.1, 0.15) is 6.42 Å². The van der Waals surface area contributed by atoms with Gasteiger partial charge >= 0.3 is 12.0 Å². The summed E-state index contributed by atoms with van der Waals surface area (Å²) in [4.78, 5) is 26.0. The van der Waals surface area contributed by atoms with Crippen molar-refractivity contribution in [2.75, 3.05) is 25.6 Å². The Morgan fingerprint density at radius 3 is 2.67 bits per heavy atom. The van der Waals surface area contributed by atoms with E-state index in [9.17, 15) is 19.1 Å². The number of carboxylic acids is 1. The van der Waals surface area contributed by atoms with Gasteiger partial charge in [0.15, 0.2) is 0 Å². The van der Waals surface area contributed by atoms with Crippen molar-refractivity contribution < 1.29 is 23.8 Å². The number of hydrogen-bond acceptors (Lipinski definition) is 3. The Kier molecular flexibility index (Phi) is 4.42. The van der Waals surface area contributed by atoms with Crippen LogP contribution in [0.3, 0.4) is 0 Å². The summed E-state index contributed by atoms with van der Waals surface area (Å²) in [6, 6.07) is 4.32. The fraction of sp³-hybridized carbons (Fsp3) is 0.429. The van der Waals surface area contributed by atoms with E-state index in [1.165, 1.54) is 37.3 Å². The summed E-state index contributed by atoms with van der Waals surface area (Å²) in [5.74, 6) is -1.63. The highest BCUT2D eigenvalue weighted by molar-refractivity contribution is 5.94. The number of aliphatic carboxylic acids is 1. The molecule has 7 heteroatoms. The van der Waals surface area contributed by atoms with Crippen molar-refractivity contribution in [2.45, 2.75) is 18.6 Å². The first kappa shape index (κ1) is 15.2. The van der Waals surface area contributed by atoms with Crippen LogP contribution in [0.4, 0.5) is 14.9 Å². The summed E-state index contributed by atoms with van der Waals surface area (Å²) in [6.45, 7) is 0.172. The second-order valence-corrected chi connectivity index (χ2v) is 4.89. The second kappa shape index (κ2) is 6.09. The van der Waals surface area contributed by atoms with Crippen molar-refractivity contribution in [3.05, 3.63) is 30.1 Å². The molecule has 0 aliphatic carbocycles. The highest BCUT2D eigenvalue weighted by Crippen LogP contribution is 2.25. The Bertz CT molecular complexity index is 552. The Morgan fingerprint density at radius 1 is 1.43 bits per heavy atom. The van der Waals surface area contributed by atoms with Gasteiger partial charge in [-0.2, -0.15) is 0 Å². The smallest absolute Gasteiger partial charge is 0.326 e.